The second kappa shape index (κ2) is 6.89. The normalized spacial score (nSPS) is 20.0. The molecule has 0 amide bonds. The summed E-state index contributed by atoms with van der Waals surface area (Å²) in [7, 11) is 2.28. The molecule has 2 aromatic heterocycles. The average Bonchev–Trinajstić information content (AvgIpc) is 3.37. The predicted octanol–water partition coefficient (Wildman–Crippen LogP) is 4.12. The van der Waals surface area contributed by atoms with Crippen molar-refractivity contribution < 1.29 is 0 Å². The first-order valence-corrected chi connectivity index (χ1v) is 10.7. The largest absolute Gasteiger partial charge is 0.348 e. The Labute approximate surface area is 164 Å². The van der Waals surface area contributed by atoms with Crippen molar-refractivity contribution >= 4 is 11.3 Å². The molecular weight excluding hydrogens is 352 g/mol. The van der Waals surface area contributed by atoms with Crippen LogP contribution in [0.15, 0.2) is 48.8 Å². The number of H-pyrrole nitrogens is 1. The van der Waals surface area contributed by atoms with Crippen LogP contribution in [-0.2, 0) is 18.5 Å². The predicted molar refractivity (Wildman–Crippen MR) is 111 cm³/mol. The molecule has 0 unspecified atom stereocenters. The van der Waals surface area contributed by atoms with E-state index in [1.807, 2.05) is 17.7 Å². The highest BCUT2D eigenvalue weighted by atomic mass is 32.1. The number of aromatic nitrogens is 2. The number of hydrogen-bond donors (Lipinski definition) is 1. The number of nitrogens with one attached hydrogen (secondary N) is 1. The summed E-state index contributed by atoms with van der Waals surface area (Å²) in [5.74, 6) is 0. The van der Waals surface area contributed by atoms with Crippen LogP contribution < -0.4 is 0 Å². The molecule has 4 heterocycles. The molecule has 1 aromatic carbocycles. The van der Waals surface area contributed by atoms with Gasteiger partial charge in [-0.1, -0.05) is 30.3 Å². The van der Waals surface area contributed by atoms with Gasteiger partial charge in [0.25, 0.3) is 0 Å². The minimum Gasteiger partial charge on any atom is -0.348 e. The van der Waals surface area contributed by atoms with E-state index in [1.54, 1.807) is 0 Å². The standard InChI is InChI=1S/C22H26N4S/c1-25-12-9-19-21(24-16-23-19)22(25)10-13-26(14-11-22)15-18-7-8-20(27-18)17-5-3-2-4-6-17/h2-8,16H,9-15H2,1H3,(H,23,24). The van der Waals surface area contributed by atoms with Crippen LogP contribution in [0.3, 0.4) is 0 Å². The maximum atomic E-state index is 4.72. The third-order valence-corrected chi connectivity index (χ3v) is 7.49. The van der Waals surface area contributed by atoms with E-state index in [4.69, 9.17) is 4.98 Å². The van der Waals surface area contributed by atoms with Crippen LogP contribution in [0.2, 0.25) is 0 Å². The quantitative estimate of drug-likeness (QED) is 0.745. The Hall–Kier alpha value is -1.95. The molecule has 3 aromatic rings. The van der Waals surface area contributed by atoms with E-state index in [0.29, 0.717) is 0 Å². The SMILES string of the molecule is CN1CCc2[nH]cnc2C12CCN(Cc1ccc(-c3ccccc3)s1)CC2. The molecule has 27 heavy (non-hydrogen) atoms. The van der Waals surface area contributed by atoms with Crippen molar-refractivity contribution in [3.05, 3.63) is 65.1 Å². The highest BCUT2D eigenvalue weighted by molar-refractivity contribution is 7.15. The zero-order valence-electron chi connectivity index (χ0n) is 15.8. The zero-order chi connectivity index (χ0) is 18.3. The molecular formula is C22H26N4S. The van der Waals surface area contributed by atoms with E-state index in [-0.39, 0.29) is 5.54 Å². The number of rotatable bonds is 3. The van der Waals surface area contributed by atoms with Crippen molar-refractivity contribution in [2.45, 2.75) is 31.3 Å². The zero-order valence-corrected chi connectivity index (χ0v) is 16.6. The van der Waals surface area contributed by atoms with Crippen LogP contribution in [0, 0.1) is 0 Å². The maximum absolute atomic E-state index is 4.72. The molecule has 1 fully saturated rings. The monoisotopic (exact) mass is 378 g/mol. The fourth-order valence-corrected chi connectivity index (χ4v) is 5.78. The Bertz CT molecular complexity index is 905. The summed E-state index contributed by atoms with van der Waals surface area (Å²) in [5, 5.41) is 0. The number of fused-ring (bicyclic) bond motifs is 2. The molecule has 5 heteroatoms. The Kier molecular flexibility index (Phi) is 4.38. The second-order valence-electron chi connectivity index (χ2n) is 7.84. The van der Waals surface area contributed by atoms with Crippen LogP contribution in [0.4, 0.5) is 0 Å². The highest BCUT2D eigenvalue weighted by Crippen LogP contribution is 2.41. The molecule has 1 spiro atoms. The summed E-state index contributed by atoms with van der Waals surface area (Å²) in [5.41, 5.74) is 4.11. The summed E-state index contributed by atoms with van der Waals surface area (Å²) in [6.45, 7) is 4.45. The molecule has 0 saturated carbocycles. The van der Waals surface area contributed by atoms with Gasteiger partial charge in [-0.05, 0) is 37.6 Å². The van der Waals surface area contributed by atoms with E-state index in [2.05, 4.69) is 64.3 Å². The Morgan fingerprint density at radius 2 is 1.89 bits per heavy atom. The number of hydrogen-bond acceptors (Lipinski definition) is 4. The number of benzene rings is 1. The van der Waals surface area contributed by atoms with E-state index < -0.39 is 0 Å². The lowest BCUT2D eigenvalue weighted by molar-refractivity contribution is 0.0224. The van der Waals surface area contributed by atoms with E-state index in [1.165, 1.54) is 26.7 Å². The smallest absolute Gasteiger partial charge is 0.0926 e. The van der Waals surface area contributed by atoms with Gasteiger partial charge < -0.3 is 4.98 Å². The first-order chi connectivity index (χ1) is 13.2. The Morgan fingerprint density at radius 3 is 2.70 bits per heavy atom. The van der Waals surface area contributed by atoms with Crippen molar-refractivity contribution in [1.82, 2.24) is 19.8 Å². The van der Waals surface area contributed by atoms with Gasteiger partial charge in [-0.25, -0.2) is 4.98 Å². The van der Waals surface area contributed by atoms with Gasteiger partial charge in [-0.3, -0.25) is 9.80 Å². The molecule has 5 rings (SSSR count). The molecule has 2 aliphatic heterocycles. The molecule has 0 bridgehead atoms. The lowest BCUT2D eigenvalue weighted by Crippen LogP contribution is -2.54. The number of nitrogens with zero attached hydrogens (tertiary/aromatic N) is 3. The molecule has 4 nitrogen and oxygen atoms in total. The summed E-state index contributed by atoms with van der Waals surface area (Å²) < 4.78 is 0. The van der Waals surface area contributed by atoms with Gasteiger partial charge in [0.15, 0.2) is 0 Å². The van der Waals surface area contributed by atoms with Gasteiger partial charge in [0.2, 0.25) is 0 Å². The van der Waals surface area contributed by atoms with Crippen LogP contribution in [0.25, 0.3) is 10.4 Å². The Morgan fingerprint density at radius 1 is 1.07 bits per heavy atom. The van der Waals surface area contributed by atoms with Gasteiger partial charge in [-0.2, -0.15) is 0 Å². The number of likely N-dealkylation sites (tertiary alicyclic amines) is 1. The minimum atomic E-state index is 0.134. The lowest BCUT2D eigenvalue weighted by Gasteiger charge is -2.49. The first kappa shape index (κ1) is 17.2. The molecule has 1 saturated heterocycles. The molecule has 0 atom stereocenters. The number of thiophene rings is 1. The van der Waals surface area contributed by atoms with E-state index >= 15 is 0 Å². The average molecular weight is 379 g/mol. The molecule has 1 N–H and O–H groups in total. The van der Waals surface area contributed by atoms with Crippen molar-refractivity contribution in [1.29, 1.82) is 0 Å². The topological polar surface area (TPSA) is 35.2 Å². The van der Waals surface area contributed by atoms with Crippen LogP contribution >= 0.6 is 11.3 Å². The molecule has 2 aliphatic rings. The highest BCUT2D eigenvalue weighted by Gasteiger charge is 2.44. The third kappa shape index (κ3) is 3.04. The number of imidazole rings is 1. The van der Waals surface area contributed by atoms with Crippen molar-refractivity contribution in [2.75, 3.05) is 26.7 Å². The van der Waals surface area contributed by atoms with Crippen molar-refractivity contribution in [3.8, 4) is 10.4 Å². The van der Waals surface area contributed by atoms with E-state index in [0.717, 1.165) is 45.4 Å². The van der Waals surface area contributed by atoms with Gasteiger partial charge >= 0.3 is 0 Å². The third-order valence-electron chi connectivity index (χ3n) is 6.37. The molecule has 0 aliphatic carbocycles. The number of aromatic amines is 1. The molecule has 140 valence electrons. The lowest BCUT2D eigenvalue weighted by atomic mass is 9.79. The summed E-state index contributed by atoms with van der Waals surface area (Å²) in [6, 6.07) is 15.3. The van der Waals surface area contributed by atoms with Crippen LogP contribution in [-0.4, -0.2) is 46.4 Å². The van der Waals surface area contributed by atoms with E-state index in [9.17, 15) is 0 Å². The van der Waals surface area contributed by atoms with Gasteiger partial charge in [-0.15, -0.1) is 11.3 Å². The Balaban J connectivity index is 1.28. The maximum Gasteiger partial charge on any atom is 0.0926 e. The van der Waals surface area contributed by atoms with Gasteiger partial charge in [0, 0.05) is 48.0 Å². The fourth-order valence-electron chi connectivity index (χ4n) is 4.73. The van der Waals surface area contributed by atoms with Crippen LogP contribution in [0.5, 0.6) is 0 Å². The van der Waals surface area contributed by atoms with Gasteiger partial charge in [0.05, 0.1) is 17.6 Å². The summed E-state index contributed by atoms with van der Waals surface area (Å²) in [4.78, 5) is 16.1. The van der Waals surface area contributed by atoms with Crippen LogP contribution in [0.1, 0.15) is 29.1 Å². The minimum absolute atomic E-state index is 0.134. The summed E-state index contributed by atoms with van der Waals surface area (Å²) >= 11 is 1.93. The number of piperidine rings is 1. The van der Waals surface area contributed by atoms with Crippen molar-refractivity contribution in [2.24, 2.45) is 0 Å². The molecule has 0 radical (unpaired) electrons. The fraction of sp³-hybridized carbons (Fsp3) is 0.409. The summed E-state index contributed by atoms with van der Waals surface area (Å²) in [6.07, 6.45) is 5.31. The number of likely N-dealkylation sites (N-methyl/N-ethyl adjacent to an activating group) is 1. The van der Waals surface area contributed by atoms with Crippen molar-refractivity contribution in [3.63, 3.8) is 0 Å². The first-order valence-electron chi connectivity index (χ1n) is 9.85. The second-order valence-corrected chi connectivity index (χ2v) is 9.01. The van der Waals surface area contributed by atoms with Gasteiger partial charge in [0.1, 0.15) is 0 Å².